The average Bonchev–Trinajstić information content (AvgIpc) is 2.75. The summed E-state index contributed by atoms with van der Waals surface area (Å²) in [5.74, 6) is 0.714. The molecule has 0 radical (unpaired) electrons. The summed E-state index contributed by atoms with van der Waals surface area (Å²) in [6, 6.07) is 9.43. The summed E-state index contributed by atoms with van der Waals surface area (Å²) in [7, 11) is 0. The molecule has 1 heterocycles. The fourth-order valence-electron chi connectivity index (χ4n) is 1.53. The monoisotopic (exact) mass is 217 g/mol. The Balaban J connectivity index is 2.05. The Bertz CT molecular complexity index is 465. The predicted molar refractivity (Wildman–Crippen MR) is 63.1 cm³/mol. The quantitative estimate of drug-likeness (QED) is 0.797. The maximum Gasteiger partial charge on any atom is 0.142 e. The van der Waals surface area contributed by atoms with E-state index in [1.165, 1.54) is 0 Å². The molecule has 1 aromatic heterocycles. The van der Waals surface area contributed by atoms with Gasteiger partial charge < -0.3 is 10.5 Å². The van der Waals surface area contributed by atoms with Gasteiger partial charge in [0, 0.05) is 12.7 Å². The number of nitrogen functional groups attached to an aromatic ring is 1. The van der Waals surface area contributed by atoms with Crippen LogP contribution in [0.15, 0.2) is 36.5 Å². The lowest BCUT2D eigenvalue weighted by Crippen LogP contribution is -2.06. The second kappa shape index (κ2) is 4.70. The first kappa shape index (κ1) is 10.5. The van der Waals surface area contributed by atoms with Crippen molar-refractivity contribution >= 4 is 5.69 Å². The van der Waals surface area contributed by atoms with Gasteiger partial charge in [0.2, 0.25) is 0 Å². The lowest BCUT2D eigenvalue weighted by Gasteiger charge is -2.09. The Labute approximate surface area is 94.6 Å². The molecule has 0 aliphatic heterocycles. The van der Waals surface area contributed by atoms with Gasteiger partial charge in [0.1, 0.15) is 12.4 Å². The molecular weight excluding hydrogens is 202 g/mol. The standard InChI is InChI=1S/C12H15N3O/c1-2-15-10(7-8-14-15)9-16-12-6-4-3-5-11(12)13/h3-8H,2,9,13H2,1H3. The predicted octanol–water partition coefficient (Wildman–Crippen LogP) is 2.06. The van der Waals surface area contributed by atoms with Gasteiger partial charge in [-0.1, -0.05) is 12.1 Å². The van der Waals surface area contributed by atoms with Gasteiger partial charge >= 0.3 is 0 Å². The van der Waals surface area contributed by atoms with Crippen LogP contribution in [0.1, 0.15) is 12.6 Å². The molecule has 1 aromatic carbocycles. The molecule has 2 aromatic rings. The second-order valence-electron chi connectivity index (χ2n) is 3.46. The van der Waals surface area contributed by atoms with Crippen molar-refractivity contribution in [3.8, 4) is 5.75 Å². The molecule has 0 unspecified atom stereocenters. The zero-order valence-electron chi connectivity index (χ0n) is 9.26. The Morgan fingerprint density at radius 1 is 1.31 bits per heavy atom. The van der Waals surface area contributed by atoms with E-state index in [2.05, 4.69) is 5.10 Å². The van der Waals surface area contributed by atoms with Crippen molar-refractivity contribution in [1.29, 1.82) is 0 Å². The van der Waals surface area contributed by atoms with Crippen LogP contribution in [0.5, 0.6) is 5.75 Å². The molecular formula is C12H15N3O. The zero-order chi connectivity index (χ0) is 11.4. The highest BCUT2D eigenvalue weighted by Crippen LogP contribution is 2.20. The van der Waals surface area contributed by atoms with E-state index >= 15 is 0 Å². The van der Waals surface area contributed by atoms with Gasteiger partial charge in [0.05, 0.1) is 11.4 Å². The van der Waals surface area contributed by atoms with Crippen LogP contribution in [-0.2, 0) is 13.2 Å². The molecule has 0 bridgehead atoms. The molecule has 4 heteroatoms. The van der Waals surface area contributed by atoms with Gasteiger partial charge in [-0.3, -0.25) is 4.68 Å². The largest absolute Gasteiger partial charge is 0.485 e. The number of anilines is 1. The van der Waals surface area contributed by atoms with E-state index in [4.69, 9.17) is 10.5 Å². The number of benzene rings is 1. The molecule has 4 nitrogen and oxygen atoms in total. The Morgan fingerprint density at radius 3 is 2.88 bits per heavy atom. The van der Waals surface area contributed by atoms with Crippen LogP contribution in [0.3, 0.4) is 0 Å². The first-order valence-corrected chi connectivity index (χ1v) is 5.29. The van der Waals surface area contributed by atoms with Crippen LogP contribution in [0.4, 0.5) is 5.69 Å². The summed E-state index contributed by atoms with van der Waals surface area (Å²) in [5.41, 5.74) is 7.49. The number of aryl methyl sites for hydroxylation is 1. The molecule has 84 valence electrons. The highest BCUT2D eigenvalue weighted by atomic mass is 16.5. The first-order valence-electron chi connectivity index (χ1n) is 5.29. The number of para-hydroxylation sites is 2. The van der Waals surface area contributed by atoms with Gasteiger partial charge in [0.15, 0.2) is 0 Å². The maximum atomic E-state index is 5.78. The number of ether oxygens (including phenoxy) is 1. The topological polar surface area (TPSA) is 53.1 Å². The molecule has 0 atom stereocenters. The number of nitrogens with two attached hydrogens (primary N) is 1. The van der Waals surface area contributed by atoms with E-state index in [0.29, 0.717) is 18.0 Å². The van der Waals surface area contributed by atoms with Gasteiger partial charge in [-0.15, -0.1) is 0 Å². The molecule has 0 fully saturated rings. The second-order valence-corrected chi connectivity index (χ2v) is 3.46. The van der Waals surface area contributed by atoms with E-state index in [-0.39, 0.29) is 0 Å². The van der Waals surface area contributed by atoms with Crippen molar-refractivity contribution in [2.24, 2.45) is 0 Å². The summed E-state index contributed by atoms with van der Waals surface area (Å²) < 4.78 is 7.54. The summed E-state index contributed by atoms with van der Waals surface area (Å²) in [6.45, 7) is 3.38. The third-order valence-corrected chi connectivity index (χ3v) is 2.40. The SMILES string of the molecule is CCn1nccc1COc1ccccc1N. The Kier molecular flexibility index (Phi) is 3.10. The third kappa shape index (κ3) is 2.16. The van der Waals surface area contributed by atoms with Crippen LogP contribution < -0.4 is 10.5 Å². The number of hydrogen-bond donors (Lipinski definition) is 1. The Hall–Kier alpha value is -1.97. The summed E-state index contributed by atoms with van der Waals surface area (Å²) >= 11 is 0. The fraction of sp³-hybridized carbons (Fsp3) is 0.250. The minimum Gasteiger partial charge on any atom is -0.485 e. The van der Waals surface area contributed by atoms with E-state index in [9.17, 15) is 0 Å². The van der Waals surface area contributed by atoms with Gasteiger partial charge in [-0.2, -0.15) is 5.10 Å². The van der Waals surface area contributed by atoms with Crippen molar-refractivity contribution < 1.29 is 4.74 Å². The third-order valence-electron chi connectivity index (χ3n) is 2.40. The normalized spacial score (nSPS) is 10.3. The van der Waals surface area contributed by atoms with Crippen LogP contribution in [-0.4, -0.2) is 9.78 Å². The van der Waals surface area contributed by atoms with E-state index in [0.717, 1.165) is 12.2 Å². The smallest absolute Gasteiger partial charge is 0.142 e. The average molecular weight is 217 g/mol. The van der Waals surface area contributed by atoms with Crippen molar-refractivity contribution in [3.63, 3.8) is 0 Å². The number of nitrogens with zero attached hydrogens (tertiary/aromatic N) is 2. The number of aromatic nitrogens is 2. The molecule has 0 saturated heterocycles. The molecule has 2 N–H and O–H groups in total. The summed E-state index contributed by atoms with van der Waals surface area (Å²) in [6.07, 6.45) is 1.77. The molecule has 2 rings (SSSR count). The minimum atomic E-state index is 0.488. The maximum absolute atomic E-state index is 5.78. The van der Waals surface area contributed by atoms with Crippen molar-refractivity contribution in [2.75, 3.05) is 5.73 Å². The van der Waals surface area contributed by atoms with Crippen molar-refractivity contribution in [2.45, 2.75) is 20.1 Å². The lowest BCUT2D eigenvalue weighted by atomic mass is 10.3. The fourth-order valence-corrected chi connectivity index (χ4v) is 1.53. The van der Waals surface area contributed by atoms with Crippen LogP contribution in [0, 0.1) is 0 Å². The molecule has 0 spiro atoms. The molecule has 16 heavy (non-hydrogen) atoms. The molecule has 0 amide bonds. The number of hydrogen-bond acceptors (Lipinski definition) is 3. The molecule has 0 saturated carbocycles. The van der Waals surface area contributed by atoms with Crippen LogP contribution >= 0.6 is 0 Å². The first-order chi connectivity index (χ1) is 7.81. The highest BCUT2D eigenvalue weighted by Gasteiger charge is 2.03. The molecule has 0 aliphatic rings. The zero-order valence-corrected chi connectivity index (χ0v) is 9.26. The summed E-state index contributed by atoms with van der Waals surface area (Å²) in [5, 5.41) is 4.17. The number of rotatable bonds is 4. The van der Waals surface area contributed by atoms with Gasteiger partial charge in [0.25, 0.3) is 0 Å². The van der Waals surface area contributed by atoms with Gasteiger partial charge in [-0.25, -0.2) is 0 Å². The Morgan fingerprint density at radius 2 is 2.12 bits per heavy atom. The van der Waals surface area contributed by atoms with Gasteiger partial charge in [-0.05, 0) is 25.1 Å². The molecule has 0 aliphatic carbocycles. The van der Waals surface area contributed by atoms with E-state index < -0.39 is 0 Å². The van der Waals surface area contributed by atoms with Crippen molar-refractivity contribution in [1.82, 2.24) is 9.78 Å². The lowest BCUT2D eigenvalue weighted by molar-refractivity contribution is 0.294. The highest BCUT2D eigenvalue weighted by molar-refractivity contribution is 5.51. The minimum absolute atomic E-state index is 0.488. The van der Waals surface area contributed by atoms with Crippen LogP contribution in [0.2, 0.25) is 0 Å². The van der Waals surface area contributed by atoms with Crippen LogP contribution in [0.25, 0.3) is 0 Å². The summed E-state index contributed by atoms with van der Waals surface area (Å²) in [4.78, 5) is 0. The van der Waals surface area contributed by atoms with E-state index in [1.807, 2.05) is 41.9 Å². The van der Waals surface area contributed by atoms with Crippen molar-refractivity contribution in [3.05, 3.63) is 42.2 Å². The van der Waals surface area contributed by atoms with E-state index in [1.54, 1.807) is 6.20 Å².